The van der Waals surface area contributed by atoms with Crippen LogP contribution in [-0.4, -0.2) is 41.7 Å². The quantitative estimate of drug-likeness (QED) is 0.431. The topological polar surface area (TPSA) is 92.8 Å². The number of benzene rings is 1. The molecule has 1 spiro atoms. The van der Waals surface area contributed by atoms with Gasteiger partial charge in [0.05, 0.1) is 17.6 Å². The third kappa shape index (κ3) is 4.83. The van der Waals surface area contributed by atoms with Gasteiger partial charge in [-0.15, -0.1) is 0 Å². The van der Waals surface area contributed by atoms with Crippen molar-refractivity contribution >= 4 is 29.4 Å². The molecule has 1 aliphatic heterocycles. The number of hydrogen-bond donors (Lipinski definition) is 1. The van der Waals surface area contributed by atoms with E-state index in [9.17, 15) is 19.2 Å². The van der Waals surface area contributed by atoms with Crippen molar-refractivity contribution < 1.29 is 23.9 Å². The van der Waals surface area contributed by atoms with Gasteiger partial charge in [-0.1, -0.05) is 32.6 Å². The van der Waals surface area contributed by atoms with E-state index in [0.717, 1.165) is 49.8 Å². The largest absolute Gasteiger partial charge is 0.462 e. The highest BCUT2D eigenvalue weighted by Crippen LogP contribution is 2.45. The van der Waals surface area contributed by atoms with Gasteiger partial charge in [0.1, 0.15) is 6.54 Å². The molecule has 1 aliphatic carbocycles. The number of carbonyl (C=O) groups is 4. The number of nitrogens with zero attached hydrogens (tertiary/aromatic N) is 1. The van der Waals surface area contributed by atoms with Gasteiger partial charge >= 0.3 is 5.97 Å². The molecule has 1 heterocycles. The van der Waals surface area contributed by atoms with E-state index < -0.39 is 17.3 Å². The van der Waals surface area contributed by atoms with Gasteiger partial charge in [0.2, 0.25) is 17.7 Å². The summed E-state index contributed by atoms with van der Waals surface area (Å²) in [5.74, 6) is -1.31. The highest BCUT2D eigenvalue weighted by atomic mass is 16.5. The van der Waals surface area contributed by atoms with Crippen molar-refractivity contribution in [3.05, 3.63) is 29.8 Å². The standard InChI is InChI=1S/C22H28N2O5/c1-2-3-13-29-20(27)16-7-9-17(10-8-16)23-18(25)15-24-19(26)14-22(21(24)28)11-5-4-6-12-22/h7-10H,2-6,11-15H2,1H3,(H,23,25). The van der Waals surface area contributed by atoms with Crippen LogP contribution >= 0.6 is 0 Å². The minimum Gasteiger partial charge on any atom is -0.462 e. The van der Waals surface area contributed by atoms with Crippen molar-refractivity contribution in [2.45, 2.75) is 58.3 Å². The Balaban J connectivity index is 1.55. The van der Waals surface area contributed by atoms with Gasteiger partial charge in [0, 0.05) is 12.1 Å². The van der Waals surface area contributed by atoms with Gasteiger partial charge in [-0.25, -0.2) is 4.79 Å². The molecule has 29 heavy (non-hydrogen) atoms. The van der Waals surface area contributed by atoms with Gasteiger partial charge < -0.3 is 10.1 Å². The molecule has 0 atom stereocenters. The lowest BCUT2D eigenvalue weighted by Crippen LogP contribution is -2.41. The summed E-state index contributed by atoms with van der Waals surface area (Å²) >= 11 is 0. The summed E-state index contributed by atoms with van der Waals surface area (Å²) < 4.78 is 5.15. The molecule has 0 aromatic heterocycles. The van der Waals surface area contributed by atoms with Crippen LogP contribution in [0.1, 0.15) is 68.6 Å². The Kier molecular flexibility index (Phi) is 6.67. The minimum absolute atomic E-state index is 0.206. The van der Waals surface area contributed by atoms with Crippen LogP contribution in [0, 0.1) is 5.41 Å². The molecule has 0 unspecified atom stereocenters. The van der Waals surface area contributed by atoms with Crippen molar-refractivity contribution in [2.75, 3.05) is 18.5 Å². The lowest BCUT2D eigenvalue weighted by atomic mass is 9.73. The maximum Gasteiger partial charge on any atom is 0.338 e. The zero-order valence-corrected chi connectivity index (χ0v) is 16.9. The monoisotopic (exact) mass is 400 g/mol. The molecule has 3 amide bonds. The van der Waals surface area contributed by atoms with Crippen molar-refractivity contribution in [3.63, 3.8) is 0 Å². The summed E-state index contributed by atoms with van der Waals surface area (Å²) in [4.78, 5) is 50.5. The third-order valence-corrected chi connectivity index (χ3v) is 5.74. The van der Waals surface area contributed by atoms with E-state index in [0.29, 0.717) is 17.9 Å². The van der Waals surface area contributed by atoms with Crippen LogP contribution in [0.5, 0.6) is 0 Å². The number of rotatable bonds is 7. The van der Waals surface area contributed by atoms with Gasteiger partial charge in [-0.05, 0) is 43.5 Å². The van der Waals surface area contributed by atoms with E-state index in [-0.39, 0.29) is 24.8 Å². The van der Waals surface area contributed by atoms with Crippen LogP contribution in [0.2, 0.25) is 0 Å². The molecular weight excluding hydrogens is 372 g/mol. The highest BCUT2D eigenvalue weighted by molar-refractivity contribution is 6.09. The number of likely N-dealkylation sites (tertiary alicyclic amines) is 1. The Hall–Kier alpha value is -2.70. The van der Waals surface area contributed by atoms with Crippen LogP contribution in [0.4, 0.5) is 5.69 Å². The zero-order chi connectivity index (χ0) is 20.9. The molecule has 3 rings (SSSR count). The molecule has 1 saturated carbocycles. The lowest BCUT2D eigenvalue weighted by molar-refractivity contribution is -0.144. The number of hydrogen-bond acceptors (Lipinski definition) is 5. The first kappa shape index (κ1) is 21.0. The van der Waals surface area contributed by atoms with E-state index in [1.165, 1.54) is 0 Å². The average Bonchev–Trinajstić information content (AvgIpc) is 2.93. The predicted molar refractivity (Wildman–Crippen MR) is 107 cm³/mol. The van der Waals surface area contributed by atoms with Crippen LogP contribution in [0.3, 0.4) is 0 Å². The fourth-order valence-electron chi connectivity index (χ4n) is 4.07. The molecule has 7 heteroatoms. The molecule has 1 saturated heterocycles. The third-order valence-electron chi connectivity index (χ3n) is 5.74. The SMILES string of the molecule is CCCCOC(=O)c1ccc(NC(=O)CN2C(=O)CC3(CCCCC3)C2=O)cc1. The van der Waals surface area contributed by atoms with Crippen LogP contribution in [0.15, 0.2) is 24.3 Å². The maximum atomic E-state index is 12.8. The van der Waals surface area contributed by atoms with Crippen molar-refractivity contribution in [2.24, 2.45) is 5.41 Å². The van der Waals surface area contributed by atoms with Crippen LogP contribution < -0.4 is 5.32 Å². The van der Waals surface area contributed by atoms with E-state index in [4.69, 9.17) is 4.74 Å². The second-order valence-corrected chi connectivity index (χ2v) is 7.92. The van der Waals surface area contributed by atoms with E-state index in [2.05, 4.69) is 5.32 Å². The summed E-state index contributed by atoms with van der Waals surface area (Å²) in [6.07, 6.45) is 6.42. The molecule has 1 N–H and O–H groups in total. The van der Waals surface area contributed by atoms with Gasteiger partial charge in [-0.2, -0.15) is 0 Å². The number of carbonyl (C=O) groups excluding carboxylic acids is 4. The summed E-state index contributed by atoms with van der Waals surface area (Å²) in [6.45, 7) is 2.12. The Bertz CT molecular complexity index is 781. The second-order valence-electron chi connectivity index (χ2n) is 7.92. The van der Waals surface area contributed by atoms with Gasteiger partial charge in [0.15, 0.2) is 0 Å². The number of imide groups is 1. The average molecular weight is 400 g/mol. The van der Waals surface area contributed by atoms with Crippen molar-refractivity contribution in [3.8, 4) is 0 Å². The number of anilines is 1. The molecule has 7 nitrogen and oxygen atoms in total. The van der Waals surface area contributed by atoms with Crippen LogP contribution in [-0.2, 0) is 19.1 Å². The number of unbranched alkanes of at least 4 members (excludes halogenated alkanes) is 1. The molecule has 1 aromatic carbocycles. The summed E-state index contributed by atoms with van der Waals surface area (Å²) in [7, 11) is 0. The lowest BCUT2D eigenvalue weighted by Gasteiger charge is -2.30. The number of esters is 1. The molecule has 2 aliphatic rings. The minimum atomic E-state index is -0.588. The summed E-state index contributed by atoms with van der Waals surface area (Å²) in [6, 6.07) is 6.36. The number of amides is 3. The van der Waals surface area contributed by atoms with E-state index in [1.807, 2.05) is 6.92 Å². The van der Waals surface area contributed by atoms with E-state index in [1.54, 1.807) is 24.3 Å². The fraction of sp³-hybridized carbons (Fsp3) is 0.545. The molecule has 2 fully saturated rings. The molecule has 0 bridgehead atoms. The zero-order valence-electron chi connectivity index (χ0n) is 16.9. The summed E-state index contributed by atoms with van der Waals surface area (Å²) in [5, 5.41) is 2.68. The smallest absolute Gasteiger partial charge is 0.338 e. The Morgan fingerprint density at radius 3 is 2.45 bits per heavy atom. The molecule has 156 valence electrons. The van der Waals surface area contributed by atoms with E-state index >= 15 is 0 Å². The Morgan fingerprint density at radius 1 is 1.10 bits per heavy atom. The number of nitrogens with one attached hydrogen (secondary N) is 1. The molecular formula is C22H28N2O5. The summed E-state index contributed by atoms with van der Waals surface area (Å²) in [5.41, 5.74) is 0.310. The van der Waals surface area contributed by atoms with Crippen molar-refractivity contribution in [1.82, 2.24) is 4.90 Å². The Morgan fingerprint density at radius 2 is 1.79 bits per heavy atom. The maximum absolute atomic E-state index is 12.8. The first-order valence-corrected chi connectivity index (χ1v) is 10.4. The molecule has 1 aromatic rings. The normalized spacial score (nSPS) is 18.2. The first-order chi connectivity index (χ1) is 13.9. The van der Waals surface area contributed by atoms with Gasteiger partial charge in [-0.3, -0.25) is 19.3 Å². The fourth-order valence-corrected chi connectivity index (χ4v) is 4.07. The van der Waals surface area contributed by atoms with Crippen LogP contribution in [0.25, 0.3) is 0 Å². The highest BCUT2D eigenvalue weighted by Gasteiger charge is 2.51. The molecule has 0 radical (unpaired) electrons. The Labute approximate surface area is 170 Å². The second kappa shape index (κ2) is 9.20. The van der Waals surface area contributed by atoms with Gasteiger partial charge in [0.25, 0.3) is 0 Å². The number of ether oxygens (including phenoxy) is 1. The first-order valence-electron chi connectivity index (χ1n) is 10.4. The van der Waals surface area contributed by atoms with Crippen molar-refractivity contribution in [1.29, 1.82) is 0 Å². The predicted octanol–water partition coefficient (Wildman–Crippen LogP) is 3.29.